The van der Waals surface area contributed by atoms with Crippen molar-refractivity contribution in [1.29, 1.82) is 0 Å². The van der Waals surface area contributed by atoms with E-state index in [1.54, 1.807) is 68.4 Å². The van der Waals surface area contributed by atoms with Crippen LogP contribution in [-0.2, 0) is 9.53 Å². The number of amides is 2. The van der Waals surface area contributed by atoms with E-state index in [9.17, 15) is 14.4 Å². The number of nitrogens with one attached hydrogen (secondary N) is 2. The average Bonchev–Trinajstić information content (AvgIpc) is 2.89. The molecule has 0 radical (unpaired) electrons. The van der Waals surface area contributed by atoms with Gasteiger partial charge in [-0.05, 0) is 80.6 Å². The van der Waals surface area contributed by atoms with Crippen molar-refractivity contribution in [2.45, 2.75) is 24.0 Å². The molecule has 3 aromatic rings. The predicted molar refractivity (Wildman–Crippen MR) is 140 cm³/mol. The van der Waals surface area contributed by atoms with Gasteiger partial charge in [0.1, 0.15) is 0 Å². The molecule has 36 heavy (non-hydrogen) atoms. The fourth-order valence-corrected chi connectivity index (χ4v) is 4.07. The van der Waals surface area contributed by atoms with Gasteiger partial charge >= 0.3 is 5.97 Å². The van der Waals surface area contributed by atoms with Crippen LogP contribution in [0.25, 0.3) is 0 Å². The normalized spacial score (nSPS) is 11.2. The second kappa shape index (κ2) is 12.6. The molecular formula is C27H28N2O6S. The van der Waals surface area contributed by atoms with E-state index < -0.39 is 5.97 Å². The van der Waals surface area contributed by atoms with Gasteiger partial charge in [-0.1, -0.05) is 0 Å². The minimum Gasteiger partial charge on any atom is -0.493 e. The summed E-state index contributed by atoms with van der Waals surface area (Å²) in [6.07, 6.45) is 0. The predicted octanol–water partition coefficient (Wildman–Crippen LogP) is 5.25. The molecule has 3 rings (SSSR count). The van der Waals surface area contributed by atoms with Crippen LogP contribution in [0.3, 0.4) is 0 Å². The van der Waals surface area contributed by atoms with Crippen molar-refractivity contribution in [2.75, 3.05) is 31.5 Å². The van der Waals surface area contributed by atoms with Crippen LogP contribution in [0.2, 0.25) is 0 Å². The van der Waals surface area contributed by atoms with Crippen LogP contribution < -0.4 is 20.1 Å². The summed E-state index contributed by atoms with van der Waals surface area (Å²) in [7, 11) is 3.05. The molecule has 188 valence electrons. The number of carbonyl (C=O) groups excluding carboxylic acids is 3. The first-order valence-electron chi connectivity index (χ1n) is 11.2. The molecule has 0 aliphatic heterocycles. The van der Waals surface area contributed by atoms with E-state index >= 15 is 0 Å². The molecule has 1 atom stereocenters. The second-order valence-corrected chi connectivity index (χ2v) is 9.01. The van der Waals surface area contributed by atoms with Gasteiger partial charge in [-0.2, -0.15) is 0 Å². The van der Waals surface area contributed by atoms with Crippen LogP contribution in [0.5, 0.6) is 11.5 Å². The Morgan fingerprint density at radius 1 is 0.806 bits per heavy atom. The minimum atomic E-state index is -0.400. The van der Waals surface area contributed by atoms with E-state index in [0.717, 1.165) is 4.90 Å². The fourth-order valence-electron chi connectivity index (χ4n) is 3.20. The van der Waals surface area contributed by atoms with Crippen molar-refractivity contribution in [3.05, 3.63) is 77.9 Å². The highest BCUT2D eigenvalue weighted by molar-refractivity contribution is 8.00. The third-order valence-electron chi connectivity index (χ3n) is 5.10. The van der Waals surface area contributed by atoms with E-state index in [-0.39, 0.29) is 17.1 Å². The smallest absolute Gasteiger partial charge is 0.338 e. The summed E-state index contributed by atoms with van der Waals surface area (Å²) in [6, 6.07) is 18.7. The van der Waals surface area contributed by atoms with E-state index in [2.05, 4.69) is 10.6 Å². The molecule has 0 aliphatic carbocycles. The largest absolute Gasteiger partial charge is 0.493 e. The molecule has 9 heteroatoms. The van der Waals surface area contributed by atoms with Gasteiger partial charge in [0.2, 0.25) is 5.91 Å². The number of carbonyl (C=O) groups is 3. The van der Waals surface area contributed by atoms with Crippen LogP contribution >= 0.6 is 11.8 Å². The number of thioether (sulfide) groups is 1. The second-order valence-electron chi connectivity index (χ2n) is 7.60. The van der Waals surface area contributed by atoms with Gasteiger partial charge in [-0.3, -0.25) is 9.59 Å². The van der Waals surface area contributed by atoms with Gasteiger partial charge < -0.3 is 24.8 Å². The van der Waals surface area contributed by atoms with Crippen molar-refractivity contribution < 1.29 is 28.6 Å². The standard InChI is InChI=1S/C27H28N2O6S/c1-5-35-27(32)18-6-9-20(10-7-18)28-25(30)17(2)36-22-13-11-21(12-14-22)29-26(31)19-8-15-23(33-3)24(16-19)34-4/h6-17H,5H2,1-4H3,(H,28,30)(H,29,31). The lowest BCUT2D eigenvalue weighted by atomic mass is 10.2. The first kappa shape index (κ1) is 26.6. The quantitative estimate of drug-likeness (QED) is 0.285. The summed E-state index contributed by atoms with van der Waals surface area (Å²) < 4.78 is 15.4. The number of esters is 1. The summed E-state index contributed by atoms with van der Waals surface area (Å²) in [6.45, 7) is 3.85. The number of hydrogen-bond donors (Lipinski definition) is 2. The minimum absolute atomic E-state index is 0.172. The zero-order chi connectivity index (χ0) is 26.1. The Hall–Kier alpha value is -3.98. The molecule has 0 aliphatic rings. The topological polar surface area (TPSA) is 103 Å². The summed E-state index contributed by atoms with van der Waals surface area (Å²) >= 11 is 1.39. The molecule has 0 saturated heterocycles. The van der Waals surface area contributed by atoms with Crippen molar-refractivity contribution in [1.82, 2.24) is 0 Å². The lowest BCUT2D eigenvalue weighted by Gasteiger charge is -2.13. The number of ether oxygens (including phenoxy) is 3. The molecule has 2 amide bonds. The Labute approximate surface area is 214 Å². The Morgan fingerprint density at radius 2 is 1.39 bits per heavy atom. The van der Waals surface area contributed by atoms with E-state index in [4.69, 9.17) is 14.2 Å². The first-order chi connectivity index (χ1) is 17.3. The highest BCUT2D eigenvalue weighted by atomic mass is 32.2. The molecule has 0 spiro atoms. The molecule has 1 unspecified atom stereocenters. The molecule has 2 N–H and O–H groups in total. The Balaban J connectivity index is 1.55. The fraction of sp³-hybridized carbons (Fsp3) is 0.222. The summed E-state index contributed by atoms with van der Waals surface area (Å²) in [5.41, 5.74) is 2.08. The van der Waals surface area contributed by atoms with Gasteiger partial charge in [-0.25, -0.2) is 4.79 Å². The Bertz CT molecular complexity index is 1210. The summed E-state index contributed by atoms with van der Waals surface area (Å²) in [5, 5.41) is 5.32. The van der Waals surface area contributed by atoms with Gasteiger partial charge in [0, 0.05) is 21.8 Å². The number of benzene rings is 3. The van der Waals surface area contributed by atoms with Crippen molar-refractivity contribution in [3.63, 3.8) is 0 Å². The van der Waals surface area contributed by atoms with Crippen LogP contribution in [-0.4, -0.2) is 43.9 Å². The lowest BCUT2D eigenvalue weighted by Crippen LogP contribution is -2.22. The maximum Gasteiger partial charge on any atom is 0.338 e. The van der Waals surface area contributed by atoms with Gasteiger partial charge in [0.05, 0.1) is 31.6 Å². The number of anilines is 2. The van der Waals surface area contributed by atoms with Crippen molar-refractivity contribution >= 4 is 40.9 Å². The highest BCUT2D eigenvalue weighted by Gasteiger charge is 2.16. The Morgan fingerprint density at radius 3 is 2.00 bits per heavy atom. The van der Waals surface area contributed by atoms with E-state index in [1.165, 1.54) is 26.0 Å². The number of methoxy groups -OCH3 is 2. The van der Waals surface area contributed by atoms with Crippen LogP contribution in [0.1, 0.15) is 34.6 Å². The van der Waals surface area contributed by atoms with Crippen molar-refractivity contribution in [3.8, 4) is 11.5 Å². The van der Waals surface area contributed by atoms with Gasteiger partial charge in [0.15, 0.2) is 11.5 Å². The molecular weight excluding hydrogens is 480 g/mol. The number of rotatable bonds is 10. The SMILES string of the molecule is CCOC(=O)c1ccc(NC(=O)C(C)Sc2ccc(NC(=O)c3ccc(OC)c(OC)c3)cc2)cc1. The van der Waals surface area contributed by atoms with Crippen LogP contribution in [0.4, 0.5) is 11.4 Å². The molecule has 3 aromatic carbocycles. The molecule has 0 saturated carbocycles. The Kier molecular flexibility index (Phi) is 9.35. The maximum atomic E-state index is 12.6. The average molecular weight is 509 g/mol. The van der Waals surface area contributed by atoms with Crippen molar-refractivity contribution in [2.24, 2.45) is 0 Å². The number of hydrogen-bond acceptors (Lipinski definition) is 7. The summed E-state index contributed by atoms with van der Waals surface area (Å²) in [4.78, 5) is 37.8. The van der Waals surface area contributed by atoms with E-state index in [0.29, 0.717) is 40.6 Å². The van der Waals surface area contributed by atoms with Gasteiger partial charge in [0.25, 0.3) is 5.91 Å². The molecule has 0 aromatic heterocycles. The molecule has 0 heterocycles. The monoisotopic (exact) mass is 508 g/mol. The third kappa shape index (κ3) is 7.02. The van der Waals surface area contributed by atoms with Gasteiger partial charge in [-0.15, -0.1) is 11.8 Å². The van der Waals surface area contributed by atoms with E-state index in [1.807, 2.05) is 12.1 Å². The summed E-state index contributed by atoms with van der Waals surface area (Å²) in [5.74, 6) is 0.164. The first-order valence-corrected chi connectivity index (χ1v) is 12.1. The molecule has 0 bridgehead atoms. The zero-order valence-electron chi connectivity index (χ0n) is 20.5. The molecule has 8 nitrogen and oxygen atoms in total. The zero-order valence-corrected chi connectivity index (χ0v) is 21.3. The lowest BCUT2D eigenvalue weighted by molar-refractivity contribution is -0.115. The maximum absolute atomic E-state index is 12.6. The molecule has 0 fully saturated rings. The third-order valence-corrected chi connectivity index (χ3v) is 6.22. The van der Waals surface area contributed by atoms with Crippen LogP contribution in [0.15, 0.2) is 71.6 Å². The van der Waals surface area contributed by atoms with Crippen LogP contribution in [0, 0.1) is 0 Å². The highest BCUT2D eigenvalue weighted by Crippen LogP contribution is 2.29.